The molecule has 0 aromatic heterocycles. The quantitative estimate of drug-likeness (QED) is 0.515. The highest BCUT2D eigenvalue weighted by atomic mass is 16.3. The molecule has 0 unspecified atom stereocenters. The first-order valence-corrected chi connectivity index (χ1v) is 3.79. The summed E-state index contributed by atoms with van der Waals surface area (Å²) in [5.41, 5.74) is -0.182. The van der Waals surface area contributed by atoms with Crippen LogP contribution in [-0.4, -0.2) is 35.1 Å². The fourth-order valence-electron chi connectivity index (χ4n) is 0.878. The molecular weight excluding hydrogens is 156 g/mol. The number of aliphatic hydroxyl groups excluding tert-OH is 3. The molecule has 0 aliphatic carbocycles. The first-order valence-electron chi connectivity index (χ1n) is 3.79. The lowest BCUT2D eigenvalue weighted by Gasteiger charge is -2.28. The van der Waals surface area contributed by atoms with Crippen molar-refractivity contribution < 1.29 is 15.3 Å². The lowest BCUT2D eigenvalue weighted by Crippen LogP contribution is -2.35. The van der Waals surface area contributed by atoms with Crippen molar-refractivity contribution >= 4 is 0 Å². The molecule has 3 nitrogen and oxygen atoms in total. The van der Waals surface area contributed by atoms with Gasteiger partial charge in [-0.2, -0.15) is 0 Å². The predicted molar refractivity (Wildman–Crippen MR) is 47.6 cm³/mol. The van der Waals surface area contributed by atoms with Crippen LogP contribution in [0, 0.1) is 5.41 Å². The van der Waals surface area contributed by atoms with E-state index in [1.807, 2.05) is 0 Å². The molecule has 0 heterocycles. The second kappa shape index (κ2) is 5.09. The van der Waals surface area contributed by atoms with Crippen LogP contribution in [0.1, 0.15) is 6.92 Å². The molecule has 3 heteroatoms. The van der Waals surface area contributed by atoms with Gasteiger partial charge in [-0.3, -0.25) is 0 Å². The zero-order valence-electron chi connectivity index (χ0n) is 7.32. The Morgan fingerprint density at radius 3 is 1.92 bits per heavy atom. The van der Waals surface area contributed by atoms with Gasteiger partial charge in [0.1, 0.15) is 0 Å². The summed E-state index contributed by atoms with van der Waals surface area (Å²) < 4.78 is 0. The molecule has 0 amide bonds. The number of hydrogen-bond acceptors (Lipinski definition) is 3. The van der Waals surface area contributed by atoms with Crippen molar-refractivity contribution in [3.8, 4) is 0 Å². The fourth-order valence-corrected chi connectivity index (χ4v) is 0.878. The Morgan fingerprint density at radius 1 is 1.25 bits per heavy atom. The number of aliphatic hydroxyl groups is 3. The molecule has 0 saturated carbocycles. The van der Waals surface area contributed by atoms with Gasteiger partial charge in [0.15, 0.2) is 0 Å². The monoisotopic (exact) mass is 172 g/mol. The molecule has 12 heavy (non-hydrogen) atoms. The van der Waals surface area contributed by atoms with E-state index in [4.69, 9.17) is 15.3 Å². The third kappa shape index (κ3) is 2.17. The maximum absolute atomic E-state index is 8.98. The molecule has 3 N–H and O–H groups in total. The van der Waals surface area contributed by atoms with Crippen LogP contribution < -0.4 is 0 Å². The molecule has 0 aliphatic rings. The summed E-state index contributed by atoms with van der Waals surface area (Å²) in [6.45, 7) is 4.43. The molecule has 0 radical (unpaired) electrons. The van der Waals surface area contributed by atoms with Crippen molar-refractivity contribution in [3.63, 3.8) is 0 Å². The van der Waals surface area contributed by atoms with Crippen molar-refractivity contribution in [2.24, 2.45) is 5.41 Å². The van der Waals surface area contributed by atoms with E-state index in [0.717, 1.165) is 5.57 Å². The summed E-state index contributed by atoms with van der Waals surface area (Å²) in [4.78, 5) is 0. The Kier molecular flexibility index (Phi) is 4.81. The van der Waals surface area contributed by atoms with Crippen LogP contribution in [0.3, 0.4) is 0 Å². The van der Waals surface area contributed by atoms with Crippen LogP contribution in [0.15, 0.2) is 24.3 Å². The molecule has 0 bridgehead atoms. The van der Waals surface area contributed by atoms with E-state index in [1.54, 1.807) is 19.1 Å². The maximum Gasteiger partial charge on any atom is 0.0605 e. The van der Waals surface area contributed by atoms with Crippen LogP contribution in [0.5, 0.6) is 0 Å². The second-order valence-corrected chi connectivity index (χ2v) is 2.84. The largest absolute Gasteiger partial charge is 0.395 e. The van der Waals surface area contributed by atoms with E-state index in [1.165, 1.54) is 0 Å². The van der Waals surface area contributed by atoms with Gasteiger partial charge in [-0.25, -0.2) is 0 Å². The van der Waals surface area contributed by atoms with Gasteiger partial charge in [-0.15, -0.1) is 0 Å². The topological polar surface area (TPSA) is 60.7 Å². The van der Waals surface area contributed by atoms with Crippen LogP contribution in [0.2, 0.25) is 0 Å². The van der Waals surface area contributed by atoms with E-state index in [9.17, 15) is 0 Å². The Balaban J connectivity index is 4.69. The first kappa shape index (κ1) is 11.4. The van der Waals surface area contributed by atoms with E-state index in [-0.39, 0.29) is 19.8 Å². The Bertz CT molecular complexity index is 160. The van der Waals surface area contributed by atoms with Crippen LogP contribution in [-0.2, 0) is 0 Å². The molecule has 0 aromatic rings. The fraction of sp³-hybridized carbons (Fsp3) is 0.556. The SMILES string of the molecule is C=CC=C(C)C(CO)(CO)CO. The van der Waals surface area contributed by atoms with Crippen molar-refractivity contribution in [2.45, 2.75) is 6.92 Å². The third-order valence-electron chi connectivity index (χ3n) is 2.11. The Labute approximate surface area is 72.7 Å². The first-order chi connectivity index (χ1) is 5.66. The van der Waals surface area contributed by atoms with Gasteiger partial charge in [0, 0.05) is 0 Å². The number of hydrogen-bond donors (Lipinski definition) is 3. The van der Waals surface area contributed by atoms with Gasteiger partial charge in [0.25, 0.3) is 0 Å². The maximum atomic E-state index is 8.98. The number of allylic oxidation sites excluding steroid dienone is 2. The van der Waals surface area contributed by atoms with Gasteiger partial charge >= 0.3 is 0 Å². The molecule has 0 atom stereocenters. The van der Waals surface area contributed by atoms with E-state index in [0.29, 0.717) is 0 Å². The van der Waals surface area contributed by atoms with E-state index < -0.39 is 5.41 Å². The zero-order chi connectivity index (χ0) is 9.61. The van der Waals surface area contributed by atoms with Gasteiger partial charge in [0.05, 0.1) is 25.2 Å². The summed E-state index contributed by atoms with van der Waals surface area (Å²) in [7, 11) is 0. The Hall–Kier alpha value is -0.640. The highest BCUT2D eigenvalue weighted by molar-refractivity contribution is 5.17. The summed E-state index contributed by atoms with van der Waals surface area (Å²) >= 11 is 0. The third-order valence-corrected chi connectivity index (χ3v) is 2.11. The molecule has 70 valence electrons. The standard InChI is InChI=1S/C9H16O3/c1-3-4-8(2)9(5-10,6-11)7-12/h3-4,10-12H,1,5-7H2,2H3. The average Bonchev–Trinajstić information content (AvgIpc) is 2.09. The highest BCUT2D eigenvalue weighted by Crippen LogP contribution is 2.25. The highest BCUT2D eigenvalue weighted by Gasteiger charge is 2.29. The summed E-state index contributed by atoms with van der Waals surface area (Å²) in [6, 6.07) is 0. The van der Waals surface area contributed by atoms with Gasteiger partial charge in [-0.05, 0) is 6.92 Å². The zero-order valence-corrected chi connectivity index (χ0v) is 7.32. The minimum atomic E-state index is -0.909. The number of rotatable bonds is 5. The van der Waals surface area contributed by atoms with Gasteiger partial charge < -0.3 is 15.3 Å². The summed E-state index contributed by atoms with van der Waals surface area (Å²) in [6.07, 6.45) is 3.23. The normalized spacial score (nSPS) is 13.2. The van der Waals surface area contributed by atoms with Crippen molar-refractivity contribution in [1.29, 1.82) is 0 Å². The molecule has 0 aliphatic heterocycles. The van der Waals surface area contributed by atoms with Crippen molar-refractivity contribution in [2.75, 3.05) is 19.8 Å². The smallest absolute Gasteiger partial charge is 0.0605 e. The van der Waals surface area contributed by atoms with Gasteiger partial charge in [0.2, 0.25) is 0 Å². The second-order valence-electron chi connectivity index (χ2n) is 2.84. The van der Waals surface area contributed by atoms with Crippen molar-refractivity contribution in [1.82, 2.24) is 0 Å². The van der Waals surface area contributed by atoms with Gasteiger partial charge in [-0.1, -0.05) is 24.3 Å². The average molecular weight is 172 g/mol. The minimum absolute atomic E-state index is 0.268. The van der Waals surface area contributed by atoms with Crippen molar-refractivity contribution in [3.05, 3.63) is 24.3 Å². The van der Waals surface area contributed by atoms with E-state index >= 15 is 0 Å². The molecule has 0 rings (SSSR count). The lowest BCUT2D eigenvalue weighted by molar-refractivity contribution is 0.0334. The molecular formula is C9H16O3. The van der Waals surface area contributed by atoms with Crippen LogP contribution in [0.4, 0.5) is 0 Å². The predicted octanol–water partition coefficient (Wildman–Crippen LogP) is 0.0820. The van der Waals surface area contributed by atoms with E-state index in [2.05, 4.69) is 6.58 Å². The molecule has 0 fully saturated rings. The molecule has 0 spiro atoms. The molecule has 0 aromatic carbocycles. The molecule has 0 saturated heterocycles. The summed E-state index contributed by atoms with van der Waals surface area (Å²) in [5, 5.41) is 26.9. The Morgan fingerprint density at radius 2 is 1.67 bits per heavy atom. The lowest BCUT2D eigenvalue weighted by atomic mass is 9.83. The minimum Gasteiger partial charge on any atom is -0.395 e. The van der Waals surface area contributed by atoms with Crippen LogP contribution in [0.25, 0.3) is 0 Å². The van der Waals surface area contributed by atoms with Crippen LogP contribution >= 0.6 is 0 Å². The summed E-state index contributed by atoms with van der Waals surface area (Å²) in [5.74, 6) is 0.